The maximum absolute atomic E-state index is 13.1. The molecule has 8 nitrogen and oxygen atoms in total. The highest BCUT2D eigenvalue weighted by Crippen LogP contribution is 2.51. The van der Waals surface area contributed by atoms with E-state index >= 15 is 0 Å². The molecule has 8 heteroatoms. The predicted octanol–water partition coefficient (Wildman–Crippen LogP) is 5.55. The lowest BCUT2D eigenvalue weighted by Crippen LogP contribution is -2.50. The van der Waals surface area contributed by atoms with Crippen LogP contribution in [0.15, 0.2) is 66.7 Å². The number of hydrogen-bond acceptors (Lipinski definition) is 5. The maximum atomic E-state index is 13.1. The summed E-state index contributed by atoms with van der Waals surface area (Å²) in [5, 5.41) is 0. The molecule has 39 heavy (non-hydrogen) atoms. The first-order chi connectivity index (χ1) is 19.1. The van der Waals surface area contributed by atoms with Crippen LogP contribution >= 0.6 is 0 Å². The second-order valence-corrected chi connectivity index (χ2v) is 11.2. The molecule has 1 saturated heterocycles. The highest BCUT2D eigenvalue weighted by molar-refractivity contribution is 5.82. The third-order valence-electron chi connectivity index (χ3n) is 9.04. The van der Waals surface area contributed by atoms with E-state index in [9.17, 15) is 4.79 Å². The van der Waals surface area contributed by atoms with Gasteiger partial charge in [-0.3, -0.25) is 4.79 Å². The van der Waals surface area contributed by atoms with Crippen molar-refractivity contribution in [3.05, 3.63) is 72.6 Å². The summed E-state index contributed by atoms with van der Waals surface area (Å²) in [5.74, 6) is 3.05. The summed E-state index contributed by atoms with van der Waals surface area (Å²) in [6.07, 6.45) is 5.51. The standard InChI is InChI=1S/C31H33N7O/c32-30(39)31(16-6-7-20(19-31)28-34-22-8-1-2-9-23(22)35-28)21-14-17-38(18-15-21)27-13-5-12-26(33-27)29-36-24-10-3-4-11-25(24)37-29/h1-5,8-13,20-21H,6-7,14-19H2,(H2,32,39)(H,34,35)(H,36,37). The molecule has 198 valence electrons. The Balaban J connectivity index is 1.08. The maximum Gasteiger partial charge on any atom is 0.223 e. The molecule has 0 radical (unpaired) electrons. The molecule has 1 aliphatic heterocycles. The molecule has 0 bridgehead atoms. The fourth-order valence-electron chi connectivity index (χ4n) is 6.97. The zero-order chi connectivity index (χ0) is 26.4. The van der Waals surface area contributed by atoms with Gasteiger partial charge in [-0.15, -0.1) is 0 Å². The molecule has 1 aliphatic carbocycles. The highest BCUT2D eigenvalue weighted by atomic mass is 16.1. The van der Waals surface area contributed by atoms with Gasteiger partial charge in [0.1, 0.15) is 17.3 Å². The lowest BCUT2D eigenvalue weighted by molar-refractivity contribution is -0.134. The molecule has 2 aliphatic rings. The van der Waals surface area contributed by atoms with Crippen molar-refractivity contribution in [3.63, 3.8) is 0 Å². The average Bonchev–Trinajstić information content (AvgIpc) is 3.62. The van der Waals surface area contributed by atoms with Gasteiger partial charge in [0.2, 0.25) is 5.91 Å². The number of nitrogens with one attached hydrogen (secondary N) is 2. The molecule has 1 amide bonds. The van der Waals surface area contributed by atoms with E-state index < -0.39 is 5.41 Å². The van der Waals surface area contributed by atoms with Crippen molar-refractivity contribution in [2.24, 2.45) is 17.1 Å². The van der Waals surface area contributed by atoms with Crippen molar-refractivity contribution in [3.8, 4) is 11.5 Å². The van der Waals surface area contributed by atoms with Crippen molar-refractivity contribution in [2.45, 2.75) is 44.4 Å². The number of amides is 1. The zero-order valence-electron chi connectivity index (χ0n) is 21.9. The lowest BCUT2D eigenvalue weighted by atomic mass is 9.60. The van der Waals surface area contributed by atoms with Gasteiger partial charge in [-0.1, -0.05) is 36.8 Å². The van der Waals surface area contributed by atoms with Gasteiger partial charge in [0.25, 0.3) is 0 Å². The minimum absolute atomic E-state index is 0.147. The molecular weight excluding hydrogens is 486 g/mol. The fourth-order valence-corrected chi connectivity index (χ4v) is 6.97. The summed E-state index contributed by atoms with van der Waals surface area (Å²) in [7, 11) is 0. The summed E-state index contributed by atoms with van der Waals surface area (Å²) in [6, 6.07) is 22.3. The molecule has 4 N–H and O–H groups in total. The Morgan fingerprint density at radius 1 is 0.846 bits per heavy atom. The number of piperidine rings is 1. The number of anilines is 1. The number of H-pyrrole nitrogens is 2. The number of pyridine rings is 1. The average molecular weight is 520 g/mol. The Hall–Kier alpha value is -4.20. The smallest absolute Gasteiger partial charge is 0.223 e. The molecule has 3 aromatic heterocycles. The molecule has 5 aromatic rings. The van der Waals surface area contributed by atoms with Crippen LogP contribution in [0.5, 0.6) is 0 Å². The van der Waals surface area contributed by atoms with E-state index in [1.54, 1.807) is 0 Å². The summed E-state index contributed by atoms with van der Waals surface area (Å²) < 4.78 is 0. The Kier molecular flexibility index (Phi) is 5.83. The summed E-state index contributed by atoms with van der Waals surface area (Å²) in [5.41, 5.74) is 10.5. The van der Waals surface area contributed by atoms with Gasteiger partial charge in [0.05, 0.1) is 27.5 Å². The van der Waals surface area contributed by atoms with Crippen molar-refractivity contribution in [1.82, 2.24) is 24.9 Å². The van der Waals surface area contributed by atoms with Gasteiger partial charge in [-0.2, -0.15) is 0 Å². The second-order valence-electron chi connectivity index (χ2n) is 11.2. The molecule has 7 rings (SSSR count). The number of hydrogen-bond donors (Lipinski definition) is 3. The molecule has 2 atom stereocenters. The molecule has 2 unspecified atom stereocenters. The number of carbonyl (C=O) groups is 1. The fraction of sp³-hybridized carbons (Fsp3) is 0.355. The van der Waals surface area contributed by atoms with E-state index in [1.165, 1.54) is 0 Å². The van der Waals surface area contributed by atoms with Crippen LogP contribution in [-0.4, -0.2) is 43.9 Å². The van der Waals surface area contributed by atoms with Gasteiger partial charge in [0.15, 0.2) is 5.82 Å². The van der Waals surface area contributed by atoms with E-state index in [1.807, 2.05) is 54.6 Å². The topological polar surface area (TPSA) is 117 Å². The van der Waals surface area contributed by atoms with Crippen LogP contribution in [0.4, 0.5) is 5.82 Å². The Morgan fingerprint density at radius 2 is 1.56 bits per heavy atom. The minimum Gasteiger partial charge on any atom is -0.369 e. The molecule has 2 fully saturated rings. The number of aromatic nitrogens is 5. The van der Waals surface area contributed by atoms with Crippen molar-refractivity contribution in [2.75, 3.05) is 18.0 Å². The molecule has 1 saturated carbocycles. The summed E-state index contributed by atoms with van der Waals surface area (Å²) in [6.45, 7) is 1.71. The number of nitrogens with two attached hydrogens (primary N) is 1. The zero-order valence-corrected chi connectivity index (χ0v) is 21.9. The van der Waals surface area contributed by atoms with Crippen LogP contribution in [0.25, 0.3) is 33.6 Å². The van der Waals surface area contributed by atoms with Gasteiger partial charge in [-0.25, -0.2) is 15.0 Å². The number of imidazole rings is 2. The van der Waals surface area contributed by atoms with E-state index in [2.05, 4.69) is 27.0 Å². The number of benzene rings is 2. The van der Waals surface area contributed by atoms with Gasteiger partial charge in [0, 0.05) is 19.0 Å². The quantitative estimate of drug-likeness (QED) is 0.282. The number of nitrogens with zero attached hydrogens (tertiary/aromatic N) is 4. The van der Waals surface area contributed by atoms with Gasteiger partial charge in [-0.05, 0) is 74.4 Å². The van der Waals surface area contributed by atoms with Crippen LogP contribution in [0.3, 0.4) is 0 Å². The van der Waals surface area contributed by atoms with Gasteiger partial charge < -0.3 is 20.6 Å². The monoisotopic (exact) mass is 519 g/mol. The van der Waals surface area contributed by atoms with Crippen LogP contribution in [0.2, 0.25) is 0 Å². The van der Waals surface area contributed by atoms with E-state index in [0.717, 1.165) is 96.8 Å². The van der Waals surface area contributed by atoms with Crippen molar-refractivity contribution in [1.29, 1.82) is 0 Å². The first-order valence-electron chi connectivity index (χ1n) is 14.0. The first-order valence-corrected chi connectivity index (χ1v) is 14.0. The number of fused-ring (bicyclic) bond motifs is 2. The van der Waals surface area contributed by atoms with Gasteiger partial charge >= 0.3 is 0 Å². The Morgan fingerprint density at radius 3 is 2.28 bits per heavy atom. The Labute approximate surface area is 227 Å². The van der Waals surface area contributed by atoms with Crippen LogP contribution < -0.4 is 10.6 Å². The second kappa shape index (κ2) is 9.52. The van der Waals surface area contributed by atoms with Crippen molar-refractivity contribution < 1.29 is 4.79 Å². The number of rotatable bonds is 5. The number of carbonyl (C=O) groups excluding carboxylic acids is 1. The molecule has 4 heterocycles. The molecule has 2 aromatic carbocycles. The van der Waals surface area contributed by atoms with Crippen LogP contribution in [0.1, 0.15) is 50.3 Å². The third kappa shape index (κ3) is 4.24. The normalized spacial score (nSPS) is 22.5. The SMILES string of the molecule is NC(=O)C1(C2CCN(c3cccc(-c4nc5ccccc5[nH]4)n3)CC2)CCCC(c2nc3ccccc3[nH]2)C1. The van der Waals surface area contributed by atoms with Crippen LogP contribution in [0, 0.1) is 11.3 Å². The van der Waals surface area contributed by atoms with E-state index in [-0.39, 0.29) is 17.7 Å². The summed E-state index contributed by atoms with van der Waals surface area (Å²) in [4.78, 5) is 36.9. The number of aromatic amines is 2. The third-order valence-corrected chi connectivity index (χ3v) is 9.04. The van der Waals surface area contributed by atoms with Crippen molar-refractivity contribution >= 4 is 33.8 Å². The van der Waals surface area contributed by atoms with E-state index in [4.69, 9.17) is 20.7 Å². The number of para-hydroxylation sites is 4. The predicted molar refractivity (Wildman–Crippen MR) is 153 cm³/mol. The highest BCUT2D eigenvalue weighted by Gasteiger charge is 2.48. The van der Waals surface area contributed by atoms with E-state index in [0.29, 0.717) is 0 Å². The largest absolute Gasteiger partial charge is 0.369 e. The van der Waals surface area contributed by atoms with Crippen LogP contribution in [-0.2, 0) is 4.79 Å². The summed E-state index contributed by atoms with van der Waals surface area (Å²) >= 11 is 0. The lowest BCUT2D eigenvalue weighted by Gasteiger charge is -2.47. The number of primary amides is 1. The molecule has 0 spiro atoms. The Bertz CT molecular complexity index is 1580. The molecular formula is C31H33N7O. The minimum atomic E-state index is -0.489. The first kappa shape index (κ1) is 23.9.